The van der Waals surface area contributed by atoms with Crippen LogP contribution in [-0.4, -0.2) is 21.6 Å². The van der Waals surface area contributed by atoms with Gasteiger partial charge < -0.3 is 15.0 Å². The maximum atomic E-state index is 5.81. The Balaban J connectivity index is 2.16. The molecule has 3 aromatic rings. The first-order chi connectivity index (χ1) is 11.1. The van der Waals surface area contributed by atoms with Crippen LogP contribution in [0.1, 0.15) is 6.92 Å². The number of aromatic nitrogens is 2. The highest BCUT2D eigenvalue weighted by atomic mass is 32.1. The largest absolute Gasteiger partial charge is 0.497 e. The highest BCUT2D eigenvalue weighted by Gasteiger charge is 2.16. The number of thiocarbonyl (C=S) groups is 1. The third kappa shape index (κ3) is 3.05. The molecule has 0 aliphatic heterocycles. The van der Waals surface area contributed by atoms with Crippen LogP contribution < -0.4 is 10.5 Å². The van der Waals surface area contributed by atoms with E-state index in [-0.39, 0.29) is 5.92 Å². The quantitative estimate of drug-likeness (QED) is 0.728. The van der Waals surface area contributed by atoms with Crippen LogP contribution in [0.5, 0.6) is 5.75 Å². The van der Waals surface area contributed by atoms with Crippen molar-refractivity contribution in [2.45, 2.75) is 13.5 Å². The minimum Gasteiger partial charge on any atom is -0.497 e. The number of ether oxygens (including phenoxy) is 1. The lowest BCUT2D eigenvalue weighted by Crippen LogP contribution is -2.23. The summed E-state index contributed by atoms with van der Waals surface area (Å²) < 4.78 is 7.51. The predicted octanol–water partition coefficient (Wildman–Crippen LogP) is 3.63. The van der Waals surface area contributed by atoms with E-state index in [9.17, 15) is 0 Å². The second-order valence-corrected chi connectivity index (χ2v) is 6.04. The maximum absolute atomic E-state index is 5.81. The molecule has 1 atom stereocenters. The molecule has 0 spiro atoms. The van der Waals surface area contributed by atoms with Crippen molar-refractivity contribution in [3.8, 4) is 17.1 Å². The molecule has 1 heterocycles. The number of hydrogen-bond acceptors (Lipinski definition) is 3. The molecular formula is C18H19N3OS. The highest BCUT2D eigenvalue weighted by molar-refractivity contribution is 7.80. The number of nitrogens with zero attached hydrogens (tertiary/aromatic N) is 2. The van der Waals surface area contributed by atoms with E-state index in [1.165, 1.54) is 0 Å². The molecular weight excluding hydrogens is 306 g/mol. The SMILES string of the molecule is COc1cccc(-c2nc3ccccc3n2CC(C)C(N)=S)c1. The number of rotatable bonds is 5. The van der Waals surface area contributed by atoms with Gasteiger partial charge in [-0.15, -0.1) is 0 Å². The van der Waals surface area contributed by atoms with E-state index in [2.05, 4.69) is 10.6 Å². The molecule has 0 bridgehead atoms. The van der Waals surface area contributed by atoms with Gasteiger partial charge in [-0.2, -0.15) is 0 Å². The molecule has 0 aliphatic carbocycles. The van der Waals surface area contributed by atoms with Crippen molar-refractivity contribution in [2.24, 2.45) is 11.7 Å². The van der Waals surface area contributed by atoms with E-state index >= 15 is 0 Å². The molecule has 1 aromatic heterocycles. The second kappa shape index (κ2) is 6.38. The highest BCUT2D eigenvalue weighted by Crippen LogP contribution is 2.28. The van der Waals surface area contributed by atoms with Crippen molar-refractivity contribution in [3.05, 3.63) is 48.5 Å². The Hall–Kier alpha value is -2.40. The molecule has 2 aromatic carbocycles. The average molecular weight is 325 g/mol. The van der Waals surface area contributed by atoms with Gasteiger partial charge in [0.05, 0.1) is 23.1 Å². The van der Waals surface area contributed by atoms with Crippen molar-refractivity contribution >= 4 is 28.2 Å². The molecule has 0 saturated heterocycles. The van der Waals surface area contributed by atoms with Crippen LogP contribution in [0, 0.1) is 5.92 Å². The van der Waals surface area contributed by atoms with Gasteiger partial charge in [-0.05, 0) is 24.3 Å². The molecule has 0 amide bonds. The van der Waals surface area contributed by atoms with Gasteiger partial charge in [0.2, 0.25) is 0 Å². The van der Waals surface area contributed by atoms with Crippen LogP contribution in [0.2, 0.25) is 0 Å². The monoisotopic (exact) mass is 325 g/mol. The molecule has 0 aliphatic rings. The van der Waals surface area contributed by atoms with Crippen LogP contribution >= 0.6 is 12.2 Å². The number of methoxy groups -OCH3 is 1. The van der Waals surface area contributed by atoms with Gasteiger partial charge in [0.1, 0.15) is 11.6 Å². The summed E-state index contributed by atoms with van der Waals surface area (Å²) in [5.41, 5.74) is 8.85. The van der Waals surface area contributed by atoms with Crippen molar-refractivity contribution in [1.82, 2.24) is 9.55 Å². The summed E-state index contributed by atoms with van der Waals surface area (Å²) in [7, 11) is 1.66. The number of hydrogen-bond donors (Lipinski definition) is 1. The molecule has 2 N–H and O–H groups in total. The minimum absolute atomic E-state index is 0.0898. The van der Waals surface area contributed by atoms with Crippen molar-refractivity contribution in [1.29, 1.82) is 0 Å². The first-order valence-corrected chi connectivity index (χ1v) is 7.90. The number of nitrogens with two attached hydrogens (primary N) is 1. The zero-order valence-electron chi connectivity index (χ0n) is 13.2. The zero-order chi connectivity index (χ0) is 16.4. The smallest absolute Gasteiger partial charge is 0.141 e. The fraction of sp³-hybridized carbons (Fsp3) is 0.222. The van der Waals surface area contributed by atoms with Gasteiger partial charge in [-0.25, -0.2) is 4.98 Å². The Labute approximate surface area is 140 Å². The van der Waals surface area contributed by atoms with Crippen molar-refractivity contribution < 1.29 is 4.74 Å². The fourth-order valence-electron chi connectivity index (χ4n) is 2.61. The molecule has 118 valence electrons. The summed E-state index contributed by atoms with van der Waals surface area (Å²) in [6, 6.07) is 16.0. The summed E-state index contributed by atoms with van der Waals surface area (Å²) in [4.78, 5) is 5.31. The number of para-hydroxylation sites is 2. The Morgan fingerprint density at radius 3 is 2.78 bits per heavy atom. The third-order valence-corrected chi connectivity index (χ3v) is 4.33. The fourth-order valence-corrected chi connectivity index (χ4v) is 2.68. The summed E-state index contributed by atoms with van der Waals surface area (Å²) >= 11 is 5.14. The van der Waals surface area contributed by atoms with Gasteiger partial charge in [0.15, 0.2) is 0 Å². The Bertz CT molecular complexity index is 856. The van der Waals surface area contributed by atoms with Crippen molar-refractivity contribution in [2.75, 3.05) is 7.11 Å². The van der Waals surface area contributed by atoms with Crippen LogP contribution in [0.25, 0.3) is 22.4 Å². The van der Waals surface area contributed by atoms with Crippen LogP contribution in [0.4, 0.5) is 0 Å². The molecule has 1 unspecified atom stereocenters. The summed E-state index contributed by atoms with van der Waals surface area (Å²) in [5, 5.41) is 0. The van der Waals surface area contributed by atoms with Crippen molar-refractivity contribution in [3.63, 3.8) is 0 Å². The van der Waals surface area contributed by atoms with Crippen LogP contribution in [0.15, 0.2) is 48.5 Å². The van der Waals surface area contributed by atoms with Crippen LogP contribution in [0.3, 0.4) is 0 Å². The molecule has 23 heavy (non-hydrogen) atoms. The Morgan fingerprint density at radius 1 is 1.26 bits per heavy atom. The predicted molar refractivity (Wildman–Crippen MR) is 97.7 cm³/mol. The molecule has 4 nitrogen and oxygen atoms in total. The van der Waals surface area contributed by atoms with E-state index in [1.807, 2.05) is 49.4 Å². The summed E-state index contributed by atoms with van der Waals surface area (Å²) in [6.45, 7) is 2.73. The number of benzene rings is 2. The Morgan fingerprint density at radius 2 is 2.04 bits per heavy atom. The zero-order valence-corrected chi connectivity index (χ0v) is 14.0. The van der Waals surface area contributed by atoms with Crippen LogP contribution in [-0.2, 0) is 6.54 Å². The molecule has 3 rings (SSSR count). The third-order valence-electron chi connectivity index (χ3n) is 3.92. The van der Waals surface area contributed by atoms with Gasteiger partial charge in [0.25, 0.3) is 0 Å². The topological polar surface area (TPSA) is 53.1 Å². The lowest BCUT2D eigenvalue weighted by Gasteiger charge is -2.14. The average Bonchev–Trinajstić information content (AvgIpc) is 2.93. The second-order valence-electron chi connectivity index (χ2n) is 5.57. The van der Waals surface area contributed by atoms with Gasteiger partial charge in [0, 0.05) is 18.0 Å². The normalized spacial score (nSPS) is 12.3. The maximum Gasteiger partial charge on any atom is 0.141 e. The molecule has 0 saturated carbocycles. The van der Waals surface area contributed by atoms with Gasteiger partial charge in [-0.3, -0.25) is 0 Å². The lowest BCUT2D eigenvalue weighted by atomic mass is 10.1. The van der Waals surface area contributed by atoms with E-state index in [1.54, 1.807) is 7.11 Å². The summed E-state index contributed by atoms with van der Waals surface area (Å²) in [5.74, 6) is 1.80. The number of imidazole rings is 1. The van der Waals surface area contributed by atoms with Gasteiger partial charge in [-0.1, -0.05) is 43.4 Å². The first-order valence-electron chi connectivity index (χ1n) is 7.49. The van der Waals surface area contributed by atoms with E-state index in [0.29, 0.717) is 11.5 Å². The molecule has 0 radical (unpaired) electrons. The van der Waals surface area contributed by atoms with E-state index in [4.69, 9.17) is 27.7 Å². The minimum atomic E-state index is 0.0898. The lowest BCUT2D eigenvalue weighted by molar-refractivity contribution is 0.415. The number of fused-ring (bicyclic) bond motifs is 1. The first kappa shape index (κ1) is 15.5. The standard InChI is InChI=1S/C18H19N3OS/c1-12(17(19)23)11-21-16-9-4-3-8-15(16)20-18(21)13-6-5-7-14(10-13)22-2/h3-10,12H,11H2,1-2H3,(H2,19,23). The van der Waals surface area contributed by atoms with E-state index < -0.39 is 0 Å². The van der Waals surface area contributed by atoms with E-state index in [0.717, 1.165) is 28.2 Å². The molecule has 0 fully saturated rings. The summed E-state index contributed by atoms with van der Waals surface area (Å²) in [6.07, 6.45) is 0. The Kier molecular flexibility index (Phi) is 4.30. The van der Waals surface area contributed by atoms with Gasteiger partial charge >= 0.3 is 0 Å². The molecule has 5 heteroatoms.